The number of carbonyl (C=O) groups excluding carboxylic acids is 1. The number of nitrogens with one attached hydrogen (secondary N) is 1. The molecule has 0 fully saturated rings. The number of benzene rings is 1. The number of rotatable bonds is 2. The van der Waals surface area contributed by atoms with Crippen LogP contribution in [0.4, 0.5) is 23.2 Å². The van der Waals surface area contributed by atoms with Crippen LogP contribution in [0.5, 0.6) is 0 Å². The van der Waals surface area contributed by atoms with E-state index in [0.717, 1.165) is 12.1 Å². The third-order valence-corrected chi connectivity index (χ3v) is 1.75. The van der Waals surface area contributed by atoms with Crippen molar-refractivity contribution in [3.63, 3.8) is 0 Å². The van der Waals surface area contributed by atoms with E-state index >= 15 is 0 Å². The monoisotopic (exact) mass is 236 g/mol. The van der Waals surface area contributed by atoms with Crippen molar-refractivity contribution < 1.29 is 22.4 Å². The average Bonchev–Trinajstić information content (AvgIpc) is 2.17. The molecule has 7 heteroatoms. The van der Waals surface area contributed by atoms with Gasteiger partial charge in [-0.3, -0.25) is 4.79 Å². The molecule has 16 heavy (non-hydrogen) atoms. The van der Waals surface area contributed by atoms with E-state index in [1.807, 2.05) is 0 Å². The van der Waals surface area contributed by atoms with Crippen LogP contribution in [0, 0.1) is 5.82 Å². The van der Waals surface area contributed by atoms with Crippen LogP contribution >= 0.6 is 0 Å². The smallest absolute Gasteiger partial charge is 0.396 e. The standard InChI is InChI=1S/C9H8F4N2O/c10-6-3-1-2-5(7(6)14)8(16)15-4-9(11,12)13/h1-3H,4,14H2,(H,15,16). The van der Waals surface area contributed by atoms with Crippen LogP contribution in [-0.2, 0) is 0 Å². The molecule has 0 aliphatic rings. The molecule has 88 valence electrons. The minimum Gasteiger partial charge on any atom is -0.396 e. The lowest BCUT2D eigenvalue weighted by atomic mass is 10.1. The van der Waals surface area contributed by atoms with Gasteiger partial charge in [0.05, 0.1) is 11.3 Å². The van der Waals surface area contributed by atoms with E-state index in [-0.39, 0.29) is 5.56 Å². The minimum atomic E-state index is -4.52. The summed E-state index contributed by atoms with van der Waals surface area (Å²) in [7, 11) is 0. The first-order valence-corrected chi connectivity index (χ1v) is 4.20. The number of nitrogens with two attached hydrogens (primary N) is 1. The van der Waals surface area contributed by atoms with Gasteiger partial charge in [0.2, 0.25) is 0 Å². The van der Waals surface area contributed by atoms with Crippen LogP contribution in [0.25, 0.3) is 0 Å². The molecular formula is C9H8F4N2O. The van der Waals surface area contributed by atoms with Gasteiger partial charge in [-0.25, -0.2) is 4.39 Å². The van der Waals surface area contributed by atoms with Gasteiger partial charge < -0.3 is 11.1 Å². The first-order chi connectivity index (χ1) is 7.31. The second kappa shape index (κ2) is 4.38. The predicted octanol–water partition coefficient (Wildman–Crippen LogP) is 1.70. The van der Waals surface area contributed by atoms with Gasteiger partial charge >= 0.3 is 6.18 Å². The number of hydrogen-bond acceptors (Lipinski definition) is 2. The number of alkyl halides is 3. The molecule has 0 atom stereocenters. The highest BCUT2D eigenvalue weighted by Crippen LogP contribution is 2.17. The molecule has 1 aromatic carbocycles. The van der Waals surface area contributed by atoms with Crippen LogP contribution < -0.4 is 11.1 Å². The summed E-state index contributed by atoms with van der Waals surface area (Å²) in [4.78, 5) is 11.2. The fourth-order valence-electron chi connectivity index (χ4n) is 1.01. The molecule has 0 saturated carbocycles. The van der Waals surface area contributed by atoms with E-state index in [1.165, 1.54) is 6.07 Å². The van der Waals surface area contributed by atoms with Gasteiger partial charge in [-0.1, -0.05) is 6.07 Å². The quantitative estimate of drug-likeness (QED) is 0.606. The SMILES string of the molecule is Nc1c(F)cccc1C(=O)NCC(F)(F)F. The third kappa shape index (κ3) is 3.11. The number of hydrogen-bond donors (Lipinski definition) is 2. The van der Waals surface area contributed by atoms with Gasteiger partial charge in [-0.2, -0.15) is 13.2 Å². The first kappa shape index (κ1) is 12.3. The Bertz CT molecular complexity index is 403. The minimum absolute atomic E-state index is 0.316. The van der Waals surface area contributed by atoms with Gasteiger partial charge in [0.15, 0.2) is 0 Å². The molecule has 3 nitrogen and oxygen atoms in total. The molecule has 0 unspecified atom stereocenters. The average molecular weight is 236 g/mol. The van der Waals surface area contributed by atoms with Gasteiger partial charge in [0.25, 0.3) is 5.91 Å². The van der Waals surface area contributed by atoms with Gasteiger partial charge in [-0.05, 0) is 12.1 Å². The van der Waals surface area contributed by atoms with Crippen LogP contribution in [0.1, 0.15) is 10.4 Å². The van der Waals surface area contributed by atoms with E-state index in [0.29, 0.717) is 0 Å². The maximum atomic E-state index is 12.9. The van der Waals surface area contributed by atoms with Crippen LogP contribution in [0.2, 0.25) is 0 Å². The molecule has 0 aliphatic carbocycles. The summed E-state index contributed by atoms with van der Waals surface area (Å²) in [5.41, 5.74) is 4.42. The summed E-state index contributed by atoms with van der Waals surface area (Å²) in [6.45, 7) is -1.48. The van der Waals surface area contributed by atoms with Crippen LogP contribution in [0.3, 0.4) is 0 Å². The summed E-state index contributed by atoms with van der Waals surface area (Å²) in [6.07, 6.45) is -4.52. The number of anilines is 1. The van der Waals surface area contributed by atoms with E-state index < -0.39 is 30.1 Å². The molecule has 0 bridgehead atoms. The number of carbonyl (C=O) groups is 1. The predicted molar refractivity (Wildman–Crippen MR) is 49.2 cm³/mol. The van der Waals surface area contributed by atoms with Crippen molar-refractivity contribution in [1.82, 2.24) is 5.32 Å². The second-order valence-corrected chi connectivity index (χ2v) is 3.00. The largest absolute Gasteiger partial charge is 0.405 e. The molecule has 0 aliphatic heterocycles. The Morgan fingerprint density at radius 1 is 1.38 bits per heavy atom. The topological polar surface area (TPSA) is 55.1 Å². The zero-order valence-corrected chi connectivity index (χ0v) is 7.94. The Morgan fingerprint density at radius 2 is 2.00 bits per heavy atom. The fourth-order valence-corrected chi connectivity index (χ4v) is 1.01. The molecule has 0 spiro atoms. The van der Waals surface area contributed by atoms with Crippen LogP contribution in [-0.4, -0.2) is 18.6 Å². The van der Waals surface area contributed by atoms with Gasteiger partial charge in [0.1, 0.15) is 12.4 Å². The van der Waals surface area contributed by atoms with Crippen molar-refractivity contribution >= 4 is 11.6 Å². The van der Waals surface area contributed by atoms with E-state index in [4.69, 9.17) is 5.73 Å². The van der Waals surface area contributed by atoms with Crippen molar-refractivity contribution in [3.8, 4) is 0 Å². The van der Waals surface area contributed by atoms with Crippen molar-refractivity contribution in [2.75, 3.05) is 12.3 Å². The molecule has 0 saturated heterocycles. The molecule has 1 amide bonds. The summed E-state index contributed by atoms with van der Waals surface area (Å²) < 4.78 is 48.3. The van der Waals surface area contributed by atoms with Crippen LogP contribution in [0.15, 0.2) is 18.2 Å². The van der Waals surface area contributed by atoms with Gasteiger partial charge in [0, 0.05) is 0 Å². The number of halogens is 4. The van der Waals surface area contributed by atoms with Crippen molar-refractivity contribution in [2.24, 2.45) is 0 Å². The summed E-state index contributed by atoms with van der Waals surface area (Å²) in [5, 5.41) is 1.60. The molecule has 0 radical (unpaired) electrons. The zero-order valence-electron chi connectivity index (χ0n) is 7.94. The molecular weight excluding hydrogens is 228 g/mol. The Labute approximate surface area is 88.2 Å². The molecule has 3 N–H and O–H groups in total. The number of para-hydroxylation sites is 1. The van der Waals surface area contributed by atoms with Crippen molar-refractivity contribution in [2.45, 2.75) is 6.18 Å². The van der Waals surface area contributed by atoms with Crippen molar-refractivity contribution in [3.05, 3.63) is 29.6 Å². The second-order valence-electron chi connectivity index (χ2n) is 3.00. The number of amides is 1. The van der Waals surface area contributed by atoms with Crippen molar-refractivity contribution in [1.29, 1.82) is 0 Å². The molecule has 1 rings (SSSR count). The van der Waals surface area contributed by atoms with Gasteiger partial charge in [-0.15, -0.1) is 0 Å². The lowest BCUT2D eigenvalue weighted by Gasteiger charge is -2.09. The number of nitrogen functional groups attached to an aromatic ring is 1. The Hall–Kier alpha value is -1.79. The Kier molecular flexibility index (Phi) is 3.36. The Morgan fingerprint density at radius 3 is 2.56 bits per heavy atom. The Balaban J connectivity index is 2.78. The maximum Gasteiger partial charge on any atom is 0.405 e. The zero-order chi connectivity index (χ0) is 12.3. The highest BCUT2D eigenvalue weighted by Gasteiger charge is 2.28. The maximum absolute atomic E-state index is 12.9. The highest BCUT2D eigenvalue weighted by atomic mass is 19.4. The first-order valence-electron chi connectivity index (χ1n) is 4.20. The summed E-state index contributed by atoms with van der Waals surface area (Å²) in [5.74, 6) is -1.91. The lowest BCUT2D eigenvalue weighted by Crippen LogP contribution is -2.34. The van der Waals surface area contributed by atoms with E-state index in [9.17, 15) is 22.4 Å². The van der Waals surface area contributed by atoms with E-state index in [2.05, 4.69) is 0 Å². The lowest BCUT2D eigenvalue weighted by molar-refractivity contribution is -0.123. The third-order valence-electron chi connectivity index (χ3n) is 1.75. The molecule has 0 heterocycles. The summed E-state index contributed by atoms with van der Waals surface area (Å²) >= 11 is 0. The molecule has 1 aromatic rings. The van der Waals surface area contributed by atoms with E-state index in [1.54, 1.807) is 5.32 Å². The fraction of sp³-hybridized carbons (Fsp3) is 0.222. The summed E-state index contributed by atoms with van der Waals surface area (Å²) in [6, 6.07) is 3.34. The highest BCUT2D eigenvalue weighted by molar-refractivity contribution is 5.99. The molecule has 0 aromatic heterocycles. The normalized spacial score (nSPS) is 11.2.